The van der Waals surface area contributed by atoms with Crippen LogP contribution in [0.2, 0.25) is 0 Å². The van der Waals surface area contributed by atoms with Crippen molar-refractivity contribution < 1.29 is 4.79 Å². The van der Waals surface area contributed by atoms with Gasteiger partial charge in [0.25, 0.3) is 0 Å². The third-order valence-electron chi connectivity index (χ3n) is 5.01. The summed E-state index contributed by atoms with van der Waals surface area (Å²) in [7, 11) is 0. The molecule has 2 heterocycles. The van der Waals surface area contributed by atoms with Gasteiger partial charge in [-0.2, -0.15) is 0 Å². The van der Waals surface area contributed by atoms with Crippen molar-refractivity contribution in [3.8, 4) is 0 Å². The van der Waals surface area contributed by atoms with Gasteiger partial charge in [-0.1, -0.05) is 30.3 Å². The Balaban J connectivity index is 1.50. The van der Waals surface area contributed by atoms with Crippen molar-refractivity contribution in [3.05, 3.63) is 59.9 Å². The standard InChI is InChI=1S/C21H28N4O/c1-2-25(21(26)12-20-9-8-19(22)13-23-20)16-18-10-11-24(15-18)14-17-6-4-3-5-7-17/h3-9,13,18H,2,10-12,14-16,22H2,1H3. The number of hydrogen-bond acceptors (Lipinski definition) is 4. The molecule has 2 aromatic rings. The molecule has 5 nitrogen and oxygen atoms in total. The van der Waals surface area contributed by atoms with E-state index in [4.69, 9.17) is 5.73 Å². The molecule has 2 N–H and O–H groups in total. The second kappa shape index (κ2) is 8.81. The smallest absolute Gasteiger partial charge is 0.228 e. The van der Waals surface area contributed by atoms with Crippen LogP contribution in [0.5, 0.6) is 0 Å². The normalized spacial score (nSPS) is 17.3. The van der Waals surface area contributed by atoms with Gasteiger partial charge in [-0.3, -0.25) is 14.7 Å². The molecule has 3 rings (SSSR count). The summed E-state index contributed by atoms with van der Waals surface area (Å²) in [5.41, 5.74) is 8.41. The lowest BCUT2D eigenvalue weighted by atomic mass is 10.1. The molecule has 1 aromatic carbocycles. The molecule has 0 radical (unpaired) electrons. The number of likely N-dealkylation sites (N-methyl/N-ethyl adjacent to an activating group) is 1. The van der Waals surface area contributed by atoms with Crippen LogP contribution in [0.15, 0.2) is 48.7 Å². The zero-order chi connectivity index (χ0) is 18.4. The molecule has 1 aliphatic heterocycles. The van der Waals surface area contributed by atoms with E-state index in [2.05, 4.69) is 40.2 Å². The van der Waals surface area contributed by atoms with Crippen molar-refractivity contribution in [2.24, 2.45) is 5.92 Å². The second-order valence-electron chi connectivity index (χ2n) is 7.07. The minimum Gasteiger partial charge on any atom is -0.397 e. The van der Waals surface area contributed by atoms with E-state index < -0.39 is 0 Å². The summed E-state index contributed by atoms with van der Waals surface area (Å²) in [4.78, 5) is 21.3. The summed E-state index contributed by atoms with van der Waals surface area (Å²) in [6.45, 7) is 6.76. The lowest BCUT2D eigenvalue weighted by Crippen LogP contribution is -2.37. The van der Waals surface area contributed by atoms with Gasteiger partial charge in [0.15, 0.2) is 0 Å². The molecule has 1 aliphatic rings. The van der Waals surface area contributed by atoms with Gasteiger partial charge in [-0.15, -0.1) is 0 Å². The third-order valence-corrected chi connectivity index (χ3v) is 5.01. The average Bonchev–Trinajstić information content (AvgIpc) is 3.09. The first-order valence-corrected chi connectivity index (χ1v) is 9.38. The highest BCUT2D eigenvalue weighted by molar-refractivity contribution is 5.78. The fourth-order valence-electron chi connectivity index (χ4n) is 3.57. The van der Waals surface area contributed by atoms with Gasteiger partial charge in [-0.25, -0.2) is 0 Å². The number of rotatable bonds is 7. The van der Waals surface area contributed by atoms with Crippen LogP contribution in [0.1, 0.15) is 24.6 Å². The topological polar surface area (TPSA) is 62.5 Å². The molecule has 1 aromatic heterocycles. The number of carbonyl (C=O) groups excluding carboxylic acids is 1. The van der Waals surface area contributed by atoms with Crippen LogP contribution in [0.3, 0.4) is 0 Å². The number of likely N-dealkylation sites (tertiary alicyclic amines) is 1. The van der Waals surface area contributed by atoms with Crippen molar-refractivity contribution in [1.82, 2.24) is 14.8 Å². The molecule has 1 fully saturated rings. The lowest BCUT2D eigenvalue weighted by molar-refractivity contribution is -0.130. The van der Waals surface area contributed by atoms with Crippen LogP contribution in [0.25, 0.3) is 0 Å². The number of benzene rings is 1. The Morgan fingerprint density at radius 1 is 1.27 bits per heavy atom. The van der Waals surface area contributed by atoms with E-state index >= 15 is 0 Å². The van der Waals surface area contributed by atoms with Crippen LogP contribution < -0.4 is 5.73 Å². The maximum absolute atomic E-state index is 12.6. The van der Waals surface area contributed by atoms with Gasteiger partial charge in [0.2, 0.25) is 5.91 Å². The molecule has 0 saturated carbocycles. The summed E-state index contributed by atoms with van der Waals surface area (Å²) < 4.78 is 0. The first-order valence-electron chi connectivity index (χ1n) is 9.38. The summed E-state index contributed by atoms with van der Waals surface area (Å²) in [5, 5.41) is 0. The molecule has 138 valence electrons. The lowest BCUT2D eigenvalue weighted by Gasteiger charge is -2.25. The molecule has 0 spiro atoms. The largest absolute Gasteiger partial charge is 0.397 e. The highest BCUT2D eigenvalue weighted by Crippen LogP contribution is 2.20. The van der Waals surface area contributed by atoms with E-state index in [-0.39, 0.29) is 5.91 Å². The summed E-state index contributed by atoms with van der Waals surface area (Å²) in [6, 6.07) is 14.2. The molecule has 1 unspecified atom stereocenters. The highest BCUT2D eigenvalue weighted by atomic mass is 16.2. The predicted octanol–water partition coefficient (Wildman–Crippen LogP) is 2.58. The SMILES string of the molecule is CCN(CC1CCN(Cc2ccccc2)C1)C(=O)Cc1ccc(N)cn1. The van der Waals surface area contributed by atoms with Crippen molar-refractivity contribution in [2.75, 3.05) is 31.9 Å². The number of amides is 1. The monoisotopic (exact) mass is 352 g/mol. The van der Waals surface area contributed by atoms with Crippen LogP contribution in [-0.4, -0.2) is 46.9 Å². The van der Waals surface area contributed by atoms with Gasteiger partial charge in [0.05, 0.1) is 18.3 Å². The highest BCUT2D eigenvalue weighted by Gasteiger charge is 2.25. The minimum absolute atomic E-state index is 0.145. The summed E-state index contributed by atoms with van der Waals surface area (Å²) in [5.74, 6) is 0.688. The maximum Gasteiger partial charge on any atom is 0.228 e. The molecule has 0 aliphatic carbocycles. The van der Waals surface area contributed by atoms with Gasteiger partial charge in [-0.05, 0) is 43.5 Å². The molecular weight excluding hydrogens is 324 g/mol. The van der Waals surface area contributed by atoms with E-state index in [0.29, 0.717) is 18.0 Å². The number of nitrogen functional groups attached to an aromatic ring is 1. The number of carbonyl (C=O) groups is 1. The predicted molar refractivity (Wildman–Crippen MR) is 104 cm³/mol. The Hall–Kier alpha value is -2.40. The van der Waals surface area contributed by atoms with Gasteiger partial charge >= 0.3 is 0 Å². The Kier molecular flexibility index (Phi) is 6.23. The Morgan fingerprint density at radius 3 is 2.77 bits per heavy atom. The number of anilines is 1. The van der Waals surface area contributed by atoms with E-state index in [1.54, 1.807) is 12.3 Å². The summed E-state index contributed by atoms with van der Waals surface area (Å²) in [6.07, 6.45) is 3.10. The van der Waals surface area contributed by atoms with E-state index in [1.165, 1.54) is 5.56 Å². The molecule has 1 amide bonds. The zero-order valence-corrected chi connectivity index (χ0v) is 15.5. The van der Waals surface area contributed by atoms with Crippen LogP contribution >= 0.6 is 0 Å². The first-order chi connectivity index (χ1) is 12.6. The van der Waals surface area contributed by atoms with Crippen molar-refractivity contribution in [2.45, 2.75) is 26.3 Å². The van der Waals surface area contributed by atoms with Crippen molar-refractivity contribution in [3.63, 3.8) is 0 Å². The number of aromatic nitrogens is 1. The van der Waals surface area contributed by atoms with E-state index in [0.717, 1.165) is 44.8 Å². The van der Waals surface area contributed by atoms with E-state index in [1.807, 2.05) is 17.9 Å². The molecule has 1 atom stereocenters. The number of nitrogens with zero attached hydrogens (tertiary/aromatic N) is 3. The average molecular weight is 352 g/mol. The molecule has 26 heavy (non-hydrogen) atoms. The quantitative estimate of drug-likeness (QED) is 0.832. The van der Waals surface area contributed by atoms with Gasteiger partial charge in [0, 0.05) is 31.9 Å². The Bertz CT molecular complexity index is 702. The Morgan fingerprint density at radius 2 is 2.08 bits per heavy atom. The molecule has 0 bridgehead atoms. The second-order valence-corrected chi connectivity index (χ2v) is 7.07. The molecular formula is C21H28N4O. The number of hydrogen-bond donors (Lipinski definition) is 1. The Labute approximate surface area is 155 Å². The molecule has 5 heteroatoms. The third kappa shape index (κ3) is 5.05. The fraction of sp³-hybridized carbons (Fsp3) is 0.429. The van der Waals surface area contributed by atoms with Crippen LogP contribution in [-0.2, 0) is 17.8 Å². The van der Waals surface area contributed by atoms with Gasteiger partial charge < -0.3 is 10.6 Å². The van der Waals surface area contributed by atoms with Gasteiger partial charge in [0.1, 0.15) is 0 Å². The molecule has 1 saturated heterocycles. The van der Waals surface area contributed by atoms with Crippen LogP contribution in [0, 0.1) is 5.92 Å². The minimum atomic E-state index is 0.145. The van der Waals surface area contributed by atoms with Crippen molar-refractivity contribution in [1.29, 1.82) is 0 Å². The first kappa shape index (κ1) is 18.4. The van der Waals surface area contributed by atoms with Crippen molar-refractivity contribution >= 4 is 11.6 Å². The van der Waals surface area contributed by atoms with Crippen LogP contribution in [0.4, 0.5) is 5.69 Å². The van der Waals surface area contributed by atoms with E-state index in [9.17, 15) is 4.79 Å². The summed E-state index contributed by atoms with van der Waals surface area (Å²) >= 11 is 0. The fourth-order valence-corrected chi connectivity index (χ4v) is 3.57. The number of nitrogens with two attached hydrogens (primary N) is 1. The zero-order valence-electron chi connectivity index (χ0n) is 15.5. The number of pyridine rings is 1. The maximum atomic E-state index is 12.6.